The Labute approximate surface area is 167 Å². The molecule has 1 amide bonds. The van der Waals surface area contributed by atoms with E-state index in [0.717, 1.165) is 17.2 Å². The fourth-order valence-electron chi connectivity index (χ4n) is 2.36. The van der Waals surface area contributed by atoms with Gasteiger partial charge in [0.15, 0.2) is 11.0 Å². The third kappa shape index (κ3) is 5.24. The Kier molecular flexibility index (Phi) is 6.36. The van der Waals surface area contributed by atoms with Crippen LogP contribution in [-0.4, -0.2) is 25.9 Å². The number of para-hydroxylation sites is 1. The van der Waals surface area contributed by atoms with Crippen LogP contribution in [0.1, 0.15) is 12.7 Å². The average molecular weight is 402 g/mol. The van der Waals surface area contributed by atoms with Crippen LogP contribution in [0.25, 0.3) is 0 Å². The van der Waals surface area contributed by atoms with Crippen LogP contribution >= 0.6 is 23.4 Å². The first-order valence-corrected chi connectivity index (χ1v) is 9.69. The first kappa shape index (κ1) is 19.3. The normalized spacial score (nSPS) is 11.8. The molecular weight excluding hydrogens is 382 g/mol. The number of benzene rings is 2. The lowest BCUT2D eigenvalue weighted by atomic mass is 10.3. The molecule has 3 aromatic rings. The number of nitrogens with one attached hydrogen (secondary N) is 2. The maximum absolute atomic E-state index is 12.4. The SMILES string of the molecule is C[C@@H](Sc1nnc(CNc2cccc(Cl)c2)n1C)C(=O)Nc1ccccc1. The lowest BCUT2D eigenvalue weighted by Crippen LogP contribution is -2.22. The molecular formula is C19H20ClN5OS. The van der Waals surface area contributed by atoms with Gasteiger partial charge in [0.1, 0.15) is 0 Å². The number of halogens is 1. The Bertz CT molecular complexity index is 915. The Hall–Kier alpha value is -2.51. The molecule has 0 saturated heterocycles. The maximum Gasteiger partial charge on any atom is 0.237 e. The van der Waals surface area contributed by atoms with E-state index in [1.807, 2.05) is 73.1 Å². The molecule has 0 fully saturated rings. The van der Waals surface area contributed by atoms with Crippen LogP contribution in [0.3, 0.4) is 0 Å². The van der Waals surface area contributed by atoms with Gasteiger partial charge in [0, 0.05) is 23.4 Å². The van der Waals surface area contributed by atoms with E-state index in [2.05, 4.69) is 20.8 Å². The molecule has 2 aromatic carbocycles. The van der Waals surface area contributed by atoms with E-state index in [4.69, 9.17) is 11.6 Å². The van der Waals surface area contributed by atoms with E-state index in [1.165, 1.54) is 11.8 Å². The first-order valence-electron chi connectivity index (χ1n) is 8.43. The van der Waals surface area contributed by atoms with Crippen molar-refractivity contribution in [3.8, 4) is 0 Å². The smallest absolute Gasteiger partial charge is 0.237 e. The van der Waals surface area contributed by atoms with Gasteiger partial charge in [0.25, 0.3) is 0 Å². The van der Waals surface area contributed by atoms with Crippen molar-refractivity contribution in [3.63, 3.8) is 0 Å². The van der Waals surface area contributed by atoms with Crippen LogP contribution in [0.15, 0.2) is 59.8 Å². The first-order chi connectivity index (χ1) is 13.0. The highest BCUT2D eigenvalue weighted by Gasteiger charge is 2.19. The standard InChI is InChI=1S/C19H20ClN5OS/c1-13(18(26)22-15-8-4-3-5-9-15)27-19-24-23-17(25(19)2)12-21-16-10-6-7-14(20)11-16/h3-11,13,21H,12H2,1-2H3,(H,22,26)/t13-/m1/s1. The topological polar surface area (TPSA) is 71.8 Å². The molecule has 3 rings (SSSR count). The van der Waals surface area contributed by atoms with Crippen molar-refractivity contribution < 1.29 is 4.79 Å². The molecule has 0 radical (unpaired) electrons. The number of carbonyl (C=O) groups is 1. The molecule has 1 heterocycles. The lowest BCUT2D eigenvalue weighted by molar-refractivity contribution is -0.115. The van der Waals surface area contributed by atoms with E-state index >= 15 is 0 Å². The van der Waals surface area contributed by atoms with Crippen LogP contribution in [-0.2, 0) is 18.4 Å². The molecule has 0 saturated carbocycles. The zero-order chi connectivity index (χ0) is 19.2. The third-order valence-electron chi connectivity index (χ3n) is 3.89. The number of hydrogen-bond acceptors (Lipinski definition) is 5. The summed E-state index contributed by atoms with van der Waals surface area (Å²) in [4.78, 5) is 12.4. The van der Waals surface area contributed by atoms with Gasteiger partial charge < -0.3 is 15.2 Å². The zero-order valence-corrected chi connectivity index (χ0v) is 16.6. The molecule has 6 nitrogen and oxygen atoms in total. The fourth-order valence-corrected chi connectivity index (χ4v) is 3.38. The van der Waals surface area contributed by atoms with E-state index in [1.54, 1.807) is 0 Å². The Morgan fingerprint density at radius 2 is 1.89 bits per heavy atom. The van der Waals surface area contributed by atoms with Crippen LogP contribution in [0.5, 0.6) is 0 Å². The van der Waals surface area contributed by atoms with Crippen molar-refractivity contribution in [2.45, 2.75) is 23.9 Å². The summed E-state index contributed by atoms with van der Waals surface area (Å²) in [7, 11) is 1.89. The van der Waals surface area contributed by atoms with Gasteiger partial charge in [-0.2, -0.15) is 0 Å². The highest BCUT2D eigenvalue weighted by molar-refractivity contribution is 8.00. The Morgan fingerprint density at radius 1 is 1.15 bits per heavy atom. The van der Waals surface area contributed by atoms with Crippen LogP contribution in [0.4, 0.5) is 11.4 Å². The molecule has 2 N–H and O–H groups in total. The second-order valence-electron chi connectivity index (χ2n) is 5.94. The van der Waals surface area contributed by atoms with Crippen LogP contribution in [0, 0.1) is 0 Å². The number of aromatic nitrogens is 3. The summed E-state index contributed by atoms with van der Waals surface area (Å²) in [5.74, 6) is 0.695. The highest BCUT2D eigenvalue weighted by Crippen LogP contribution is 2.23. The Balaban J connectivity index is 1.58. The lowest BCUT2D eigenvalue weighted by Gasteiger charge is -2.12. The van der Waals surface area contributed by atoms with E-state index in [-0.39, 0.29) is 11.2 Å². The maximum atomic E-state index is 12.4. The number of carbonyl (C=O) groups excluding carboxylic acids is 1. The third-order valence-corrected chi connectivity index (χ3v) is 5.26. The van der Waals surface area contributed by atoms with Gasteiger partial charge in [0.05, 0.1) is 11.8 Å². The van der Waals surface area contributed by atoms with Gasteiger partial charge in [-0.15, -0.1) is 10.2 Å². The van der Waals surface area contributed by atoms with Gasteiger partial charge in [-0.3, -0.25) is 4.79 Å². The summed E-state index contributed by atoms with van der Waals surface area (Å²) in [5.41, 5.74) is 1.69. The van der Waals surface area contributed by atoms with Crippen molar-refractivity contribution in [1.82, 2.24) is 14.8 Å². The van der Waals surface area contributed by atoms with Crippen LogP contribution < -0.4 is 10.6 Å². The molecule has 8 heteroatoms. The van der Waals surface area contributed by atoms with Gasteiger partial charge in [-0.25, -0.2) is 0 Å². The van der Waals surface area contributed by atoms with E-state index in [0.29, 0.717) is 16.7 Å². The van der Waals surface area contributed by atoms with Crippen LogP contribution in [0.2, 0.25) is 5.02 Å². The second kappa shape index (κ2) is 8.92. The van der Waals surface area contributed by atoms with Crippen molar-refractivity contribution in [2.75, 3.05) is 10.6 Å². The number of thioether (sulfide) groups is 1. The van der Waals surface area contributed by atoms with Gasteiger partial charge >= 0.3 is 0 Å². The summed E-state index contributed by atoms with van der Waals surface area (Å²) in [5, 5.41) is 15.6. The molecule has 0 aliphatic carbocycles. The molecule has 0 spiro atoms. The second-order valence-corrected chi connectivity index (χ2v) is 7.68. The summed E-state index contributed by atoms with van der Waals surface area (Å²) in [6.07, 6.45) is 0. The molecule has 27 heavy (non-hydrogen) atoms. The number of hydrogen-bond donors (Lipinski definition) is 2. The Morgan fingerprint density at radius 3 is 2.63 bits per heavy atom. The molecule has 1 aromatic heterocycles. The summed E-state index contributed by atoms with van der Waals surface area (Å²) < 4.78 is 1.88. The molecule has 0 aliphatic rings. The highest BCUT2D eigenvalue weighted by atomic mass is 35.5. The summed E-state index contributed by atoms with van der Waals surface area (Å²) in [6, 6.07) is 16.9. The number of rotatable bonds is 7. The van der Waals surface area contributed by atoms with Gasteiger partial charge in [0.2, 0.25) is 5.91 Å². The average Bonchev–Trinajstić information content (AvgIpc) is 3.00. The minimum absolute atomic E-state index is 0.0761. The predicted octanol–water partition coefficient (Wildman–Crippen LogP) is 4.20. The van der Waals surface area contributed by atoms with Crippen molar-refractivity contribution in [3.05, 3.63) is 65.4 Å². The quantitative estimate of drug-likeness (QED) is 0.580. The minimum atomic E-state index is -0.304. The summed E-state index contributed by atoms with van der Waals surface area (Å²) in [6.45, 7) is 2.36. The minimum Gasteiger partial charge on any atom is -0.378 e. The van der Waals surface area contributed by atoms with E-state index < -0.39 is 0 Å². The van der Waals surface area contributed by atoms with Gasteiger partial charge in [-0.1, -0.05) is 47.6 Å². The largest absolute Gasteiger partial charge is 0.378 e. The summed E-state index contributed by atoms with van der Waals surface area (Å²) >= 11 is 7.36. The van der Waals surface area contributed by atoms with Gasteiger partial charge in [-0.05, 0) is 37.3 Å². The monoisotopic (exact) mass is 401 g/mol. The zero-order valence-electron chi connectivity index (χ0n) is 15.0. The molecule has 0 bridgehead atoms. The number of amides is 1. The molecule has 1 atom stereocenters. The van der Waals surface area contributed by atoms with Crippen molar-refractivity contribution in [1.29, 1.82) is 0 Å². The fraction of sp³-hybridized carbons (Fsp3) is 0.211. The number of anilines is 2. The molecule has 0 aliphatic heterocycles. The molecule has 0 unspecified atom stereocenters. The van der Waals surface area contributed by atoms with E-state index in [9.17, 15) is 4.79 Å². The van der Waals surface area contributed by atoms with Crippen molar-refractivity contribution in [2.24, 2.45) is 7.05 Å². The predicted molar refractivity (Wildman–Crippen MR) is 110 cm³/mol. The molecule has 140 valence electrons. The van der Waals surface area contributed by atoms with Crippen molar-refractivity contribution >= 4 is 40.6 Å². The number of nitrogens with zero attached hydrogens (tertiary/aromatic N) is 3.